The fraction of sp³-hybridized carbons (Fsp3) is 0.600. The van der Waals surface area contributed by atoms with Crippen molar-refractivity contribution < 1.29 is 0 Å². The zero-order valence-electron chi connectivity index (χ0n) is 6.15. The maximum Gasteiger partial charge on any atom is 0.141 e. The van der Waals surface area contributed by atoms with E-state index in [0.29, 0.717) is 0 Å². The molecule has 0 saturated carbocycles. The number of hydrogen-bond donors (Lipinski definition) is 2. The topological polar surface area (TPSA) is 67.6 Å². The largest absolute Gasteiger partial charge is 0.321 e. The van der Waals surface area contributed by atoms with Crippen LogP contribution in [0.15, 0.2) is 6.33 Å². The van der Waals surface area contributed by atoms with Crippen LogP contribution in [0.3, 0.4) is 0 Å². The van der Waals surface area contributed by atoms with Crippen molar-refractivity contribution in [2.45, 2.75) is 19.4 Å². The van der Waals surface area contributed by atoms with Crippen LogP contribution in [0, 0.1) is 0 Å². The fourth-order valence-corrected chi connectivity index (χ4v) is 0.587. The summed E-state index contributed by atoms with van der Waals surface area (Å²) in [7, 11) is 0. The van der Waals surface area contributed by atoms with Gasteiger partial charge in [-0.05, 0) is 6.42 Å². The van der Waals surface area contributed by atoms with E-state index in [2.05, 4.69) is 15.2 Å². The van der Waals surface area contributed by atoms with Crippen LogP contribution >= 0.6 is 24.8 Å². The number of H-pyrrole nitrogens is 1. The highest BCUT2D eigenvalue weighted by Gasteiger charge is 2.03. The van der Waals surface area contributed by atoms with Crippen LogP contribution in [0.25, 0.3) is 0 Å². The summed E-state index contributed by atoms with van der Waals surface area (Å²) in [4.78, 5) is 3.90. The molecule has 0 saturated heterocycles. The van der Waals surface area contributed by atoms with Crippen LogP contribution in [0.2, 0.25) is 0 Å². The van der Waals surface area contributed by atoms with Crippen molar-refractivity contribution in [1.29, 1.82) is 0 Å². The molecule has 6 heteroatoms. The second-order valence-corrected chi connectivity index (χ2v) is 1.89. The predicted octanol–water partition coefficient (Wildman–Crippen LogP) is 1.06. The quantitative estimate of drug-likeness (QED) is 0.748. The van der Waals surface area contributed by atoms with Gasteiger partial charge in [-0.25, -0.2) is 4.98 Å². The van der Waals surface area contributed by atoms with E-state index < -0.39 is 0 Å². The number of rotatable bonds is 2. The van der Waals surface area contributed by atoms with Gasteiger partial charge in [0, 0.05) is 0 Å². The summed E-state index contributed by atoms with van der Waals surface area (Å²) < 4.78 is 0. The van der Waals surface area contributed by atoms with Gasteiger partial charge in [0.05, 0.1) is 6.04 Å². The molecule has 0 bridgehead atoms. The molecule has 0 spiro atoms. The summed E-state index contributed by atoms with van der Waals surface area (Å²) in [5.41, 5.74) is 5.60. The Hall–Kier alpha value is -0.320. The van der Waals surface area contributed by atoms with Gasteiger partial charge in [0.2, 0.25) is 0 Å². The second kappa shape index (κ2) is 6.39. The van der Waals surface area contributed by atoms with Gasteiger partial charge in [-0.1, -0.05) is 6.92 Å². The fourth-order valence-electron chi connectivity index (χ4n) is 0.587. The van der Waals surface area contributed by atoms with Gasteiger partial charge in [-0.15, -0.1) is 24.8 Å². The standard InChI is InChI=1S/C5H10N4.2ClH/c1-2-4(6)5-7-3-8-9-5;;/h3-4H,2,6H2,1H3,(H,7,8,9);2*1H. The smallest absolute Gasteiger partial charge is 0.141 e. The zero-order valence-corrected chi connectivity index (χ0v) is 7.78. The minimum absolute atomic E-state index is 0. The lowest BCUT2D eigenvalue weighted by molar-refractivity contribution is 0.652. The zero-order chi connectivity index (χ0) is 6.69. The molecule has 1 unspecified atom stereocenters. The van der Waals surface area contributed by atoms with Gasteiger partial charge in [-0.2, -0.15) is 5.10 Å². The summed E-state index contributed by atoms with van der Waals surface area (Å²) in [6.45, 7) is 2.01. The highest BCUT2D eigenvalue weighted by atomic mass is 35.5. The van der Waals surface area contributed by atoms with Crippen LogP contribution in [0.1, 0.15) is 25.2 Å². The maximum absolute atomic E-state index is 5.60. The summed E-state index contributed by atoms with van der Waals surface area (Å²) >= 11 is 0. The van der Waals surface area contributed by atoms with Gasteiger partial charge < -0.3 is 5.73 Å². The number of nitrogens with one attached hydrogen (secondary N) is 1. The molecule has 4 nitrogen and oxygen atoms in total. The molecule has 0 aliphatic heterocycles. The van der Waals surface area contributed by atoms with Crippen molar-refractivity contribution in [2.75, 3.05) is 0 Å². The first-order valence-corrected chi connectivity index (χ1v) is 2.95. The number of aromatic amines is 1. The molecule has 0 aliphatic rings. The lowest BCUT2D eigenvalue weighted by atomic mass is 10.2. The van der Waals surface area contributed by atoms with E-state index in [0.717, 1.165) is 12.2 Å². The average molecular weight is 199 g/mol. The predicted molar refractivity (Wildman–Crippen MR) is 48.1 cm³/mol. The van der Waals surface area contributed by atoms with Crippen LogP contribution < -0.4 is 5.73 Å². The Morgan fingerprint density at radius 2 is 2.27 bits per heavy atom. The molecular formula is C5H12Cl2N4. The number of aromatic nitrogens is 3. The Labute approximate surface area is 77.8 Å². The Balaban J connectivity index is 0. The summed E-state index contributed by atoms with van der Waals surface area (Å²) in [6, 6.07) is 0.00694. The lowest BCUT2D eigenvalue weighted by Gasteiger charge is -2.00. The Kier molecular flexibility index (Phi) is 7.72. The summed E-state index contributed by atoms with van der Waals surface area (Å²) in [5, 5.41) is 6.38. The number of hydrogen-bond acceptors (Lipinski definition) is 3. The third kappa shape index (κ3) is 3.55. The highest BCUT2D eigenvalue weighted by molar-refractivity contribution is 5.85. The van der Waals surface area contributed by atoms with E-state index in [4.69, 9.17) is 5.73 Å². The minimum atomic E-state index is 0. The molecule has 1 aromatic heterocycles. The Bertz CT molecular complexity index is 165. The maximum atomic E-state index is 5.60. The lowest BCUT2D eigenvalue weighted by Crippen LogP contribution is -2.10. The SMILES string of the molecule is CCC(N)c1ncn[nH]1.Cl.Cl. The Morgan fingerprint density at radius 3 is 2.64 bits per heavy atom. The van der Waals surface area contributed by atoms with E-state index in [9.17, 15) is 0 Å². The van der Waals surface area contributed by atoms with E-state index in [1.54, 1.807) is 0 Å². The number of halogens is 2. The van der Waals surface area contributed by atoms with Crippen LogP contribution in [-0.2, 0) is 0 Å². The molecule has 0 amide bonds. The molecule has 1 heterocycles. The van der Waals surface area contributed by atoms with Gasteiger partial charge in [0.1, 0.15) is 12.2 Å². The molecule has 0 aliphatic carbocycles. The van der Waals surface area contributed by atoms with Gasteiger partial charge >= 0.3 is 0 Å². The monoisotopic (exact) mass is 198 g/mol. The molecule has 3 N–H and O–H groups in total. The van der Waals surface area contributed by atoms with Gasteiger partial charge in [0.25, 0.3) is 0 Å². The molecule has 1 rings (SSSR count). The molecule has 0 fully saturated rings. The van der Waals surface area contributed by atoms with Crippen molar-refractivity contribution in [3.63, 3.8) is 0 Å². The van der Waals surface area contributed by atoms with Crippen molar-refractivity contribution in [3.05, 3.63) is 12.2 Å². The van der Waals surface area contributed by atoms with Crippen LogP contribution in [0.4, 0.5) is 0 Å². The van der Waals surface area contributed by atoms with Crippen molar-refractivity contribution in [3.8, 4) is 0 Å². The first-order valence-electron chi connectivity index (χ1n) is 2.95. The van der Waals surface area contributed by atoms with E-state index in [1.807, 2.05) is 6.92 Å². The first-order chi connectivity index (χ1) is 4.34. The molecule has 1 aromatic rings. The molecule has 11 heavy (non-hydrogen) atoms. The molecule has 66 valence electrons. The highest BCUT2D eigenvalue weighted by Crippen LogP contribution is 2.04. The number of nitrogens with zero attached hydrogens (tertiary/aromatic N) is 2. The van der Waals surface area contributed by atoms with Crippen molar-refractivity contribution in [1.82, 2.24) is 15.2 Å². The molecule has 0 radical (unpaired) electrons. The number of nitrogens with two attached hydrogens (primary N) is 1. The van der Waals surface area contributed by atoms with Crippen LogP contribution in [-0.4, -0.2) is 15.2 Å². The normalized spacial score (nSPS) is 11.1. The molecule has 1 atom stereocenters. The third-order valence-corrected chi connectivity index (χ3v) is 1.22. The first kappa shape index (κ1) is 13.3. The van der Waals surface area contributed by atoms with Gasteiger partial charge in [0.15, 0.2) is 0 Å². The average Bonchev–Trinajstić information content (AvgIpc) is 2.37. The second-order valence-electron chi connectivity index (χ2n) is 1.89. The molecule has 0 aromatic carbocycles. The van der Waals surface area contributed by atoms with E-state index >= 15 is 0 Å². The van der Waals surface area contributed by atoms with Crippen LogP contribution in [0.5, 0.6) is 0 Å². The Morgan fingerprint density at radius 1 is 1.64 bits per heavy atom. The van der Waals surface area contributed by atoms with E-state index in [-0.39, 0.29) is 30.9 Å². The summed E-state index contributed by atoms with van der Waals surface area (Å²) in [6.07, 6.45) is 2.35. The summed E-state index contributed by atoms with van der Waals surface area (Å²) in [5.74, 6) is 0.762. The van der Waals surface area contributed by atoms with Gasteiger partial charge in [-0.3, -0.25) is 5.10 Å². The van der Waals surface area contributed by atoms with E-state index in [1.165, 1.54) is 6.33 Å². The van der Waals surface area contributed by atoms with Crippen molar-refractivity contribution in [2.24, 2.45) is 5.73 Å². The molecular weight excluding hydrogens is 187 g/mol. The third-order valence-electron chi connectivity index (χ3n) is 1.22. The minimum Gasteiger partial charge on any atom is -0.321 e. The van der Waals surface area contributed by atoms with Crippen molar-refractivity contribution >= 4 is 24.8 Å².